The van der Waals surface area contributed by atoms with E-state index in [4.69, 9.17) is 18.9 Å². The van der Waals surface area contributed by atoms with E-state index in [9.17, 15) is 32.3 Å². The minimum Gasteiger partial charge on any atom is -0.467 e. The van der Waals surface area contributed by atoms with E-state index in [-0.39, 0.29) is 26.4 Å². The van der Waals surface area contributed by atoms with E-state index in [2.05, 4.69) is 0 Å². The topological polar surface area (TPSA) is 105 Å². The summed E-state index contributed by atoms with van der Waals surface area (Å²) in [7, 11) is 0. The first-order chi connectivity index (χ1) is 15.2. The first kappa shape index (κ1) is 24.3. The molecule has 0 unspecified atom stereocenters. The standard InChI is InChI=1S/C21H27F3O8/c22-1-15(26)30-11-19-4-18(10-29-14-25)5-20(7-19,12-31-16(27)2-23)9-21(6-18,8-19)13-32-17(28)3-24/h14H,1-13H2. The van der Waals surface area contributed by atoms with Crippen molar-refractivity contribution < 1.29 is 51.3 Å². The van der Waals surface area contributed by atoms with Crippen LogP contribution in [0.1, 0.15) is 38.5 Å². The Balaban J connectivity index is 1.95. The fourth-order valence-corrected chi connectivity index (χ4v) is 7.16. The highest BCUT2D eigenvalue weighted by Gasteiger charge is 2.69. The highest BCUT2D eigenvalue weighted by atomic mass is 19.1. The monoisotopic (exact) mass is 464 g/mol. The third-order valence-corrected chi connectivity index (χ3v) is 6.90. The SMILES string of the molecule is O=COCC12CC3(COC(=O)CF)CC(COC(=O)CF)(C1)CC(COC(=O)CF)(C2)C3. The fourth-order valence-electron chi connectivity index (χ4n) is 7.16. The average Bonchev–Trinajstić information content (AvgIpc) is 2.77. The van der Waals surface area contributed by atoms with Crippen molar-refractivity contribution in [2.45, 2.75) is 38.5 Å². The minimum absolute atomic E-state index is 0.0346. The molecule has 4 aliphatic carbocycles. The number of ether oxygens (including phenoxy) is 4. The summed E-state index contributed by atoms with van der Waals surface area (Å²) in [5.74, 6) is -3.06. The lowest BCUT2D eigenvalue weighted by atomic mass is 9.36. The number of carbonyl (C=O) groups excluding carboxylic acids is 4. The Bertz CT molecular complexity index is 661. The second-order valence-electron chi connectivity index (χ2n) is 9.85. The Kier molecular flexibility index (Phi) is 7.04. The van der Waals surface area contributed by atoms with Gasteiger partial charge in [0.2, 0.25) is 0 Å². The molecule has 32 heavy (non-hydrogen) atoms. The third-order valence-electron chi connectivity index (χ3n) is 6.90. The predicted octanol–water partition coefficient (Wildman–Crippen LogP) is 2.02. The van der Waals surface area contributed by atoms with E-state index in [0.29, 0.717) is 45.0 Å². The summed E-state index contributed by atoms with van der Waals surface area (Å²) in [6.07, 6.45) is 2.81. The van der Waals surface area contributed by atoms with Gasteiger partial charge < -0.3 is 18.9 Å². The van der Waals surface area contributed by atoms with Gasteiger partial charge in [0.25, 0.3) is 6.47 Å². The van der Waals surface area contributed by atoms with Crippen molar-refractivity contribution in [2.75, 3.05) is 46.5 Å². The van der Waals surface area contributed by atoms with Gasteiger partial charge in [0.15, 0.2) is 20.0 Å². The van der Waals surface area contributed by atoms with Gasteiger partial charge in [0, 0.05) is 21.7 Å². The van der Waals surface area contributed by atoms with E-state index in [1.54, 1.807) is 0 Å². The van der Waals surface area contributed by atoms with Crippen LogP contribution in [-0.4, -0.2) is 70.8 Å². The van der Waals surface area contributed by atoms with Crippen molar-refractivity contribution in [2.24, 2.45) is 21.7 Å². The van der Waals surface area contributed by atoms with Crippen LogP contribution in [0.15, 0.2) is 0 Å². The number of rotatable bonds is 12. The van der Waals surface area contributed by atoms with E-state index in [1.807, 2.05) is 0 Å². The van der Waals surface area contributed by atoms with Crippen LogP contribution in [0, 0.1) is 21.7 Å². The molecular weight excluding hydrogens is 437 g/mol. The van der Waals surface area contributed by atoms with Crippen LogP contribution in [0.4, 0.5) is 13.2 Å². The lowest BCUT2D eigenvalue weighted by Gasteiger charge is -2.69. The van der Waals surface area contributed by atoms with Gasteiger partial charge in [-0.3, -0.25) is 4.79 Å². The molecule has 4 aliphatic rings. The molecule has 11 heteroatoms. The largest absolute Gasteiger partial charge is 0.467 e. The molecule has 0 radical (unpaired) electrons. The Morgan fingerprint density at radius 2 is 0.875 bits per heavy atom. The normalized spacial score (nSPS) is 34.6. The molecule has 0 spiro atoms. The molecule has 4 saturated carbocycles. The maximum atomic E-state index is 12.7. The van der Waals surface area contributed by atoms with Gasteiger partial charge in [-0.15, -0.1) is 0 Å². The molecule has 4 bridgehead atoms. The molecule has 0 aromatic carbocycles. The lowest BCUT2D eigenvalue weighted by molar-refractivity contribution is -0.248. The summed E-state index contributed by atoms with van der Waals surface area (Å²) < 4.78 is 58.7. The summed E-state index contributed by atoms with van der Waals surface area (Å²) >= 11 is 0. The number of alkyl halides is 3. The first-order valence-corrected chi connectivity index (χ1v) is 10.4. The molecule has 0 N–H and O–H groups in total. The summed E-state index contributed by atoms with van der Waals surface area (Å²) in [6, 6.07) is 0. The zero-order valence-electron chi connectivity index (χ0n) is 17.7. The van der Waals surface area contributed by atoms with Crippen LogP contribution in [-0.2, 0) is 38.1 Å². The predicted molar refractivity (Wildman–Crippen MR) is 100 cm³/mol. The Labute approximate surface area is 183 Å². The van der Waals surface area contributed by atoms with Crippen molar-refractivity contribution in [3.05, 3.63) is 0 Å². The fraction of sp³-hybridized carbons (Fsp3) is 0.810. The molecule has 8 nitrogen and oxygen atoms in total. The van der Waals surface area contributed by atoms with Crippen LogP contribution >= 0.6 is 0 Å². The van der Waals surface area contributed by atoms with Crippen molar-refractivity contribution in [1.82, 2.24) is 0 Å². The Morgan fingerprint density at radius 3 is 1.12 bits per heavy atom. The molecular formula is C21H27F3O8. The number of hydrogen-bond donors (Lipinski definition) is 0. The highest BCUT2D eigenvalue weighted by molar-refractivity contribution is 5.71. The second kappa shape index (κ2) is 9.27. The molecule has 0 amide bonds. The molecule has 180 valence electrons. The van der Waals surface area contributed by atoms with E-state index >= 15 is 0 Å². The molecule has 0 aromatic heterocycles. The maximum absolute atomic E-state index is 12.7. The molecule has 4 rings (SSSR count). The summed E-state index contributed by atoms with van der Waals surface area (Å²) in [6.45, 7) is -3.84. The molecule has 0 heterocycles. The second-order valence-corrected chi connectivity index (χ2v) is 9.85. The average molecular weight is 464 g/mol. The van der Waals surface area contributed by atoms with Gasteiger partial charge in [-0.2, -0.15) is 0 Å². The zero-order chi connectivity index (χ0) is 23.5. The zero-order valence-corrected chi connectivity index (χ0v) is 17.7. The van der Waals surface area contributed by atoms with Gasteiger partial charge in [-0.1, -0.05) is 0 Å². The van der Waals surface area contributed by atoms with Crippen molar-refractivity contribution in [3.8, 4) is 0 Å². The summed E-state index contributed by atoms with van der Waals surface area (Å²) in [5.41, 5.74) is -2.66. The highest BCUT2D eigenvalue weighted by Crippen LogP contribution is 2.74. The Hall–Kier alpha value is -2.33. The smallest absolute Gasteiger partial charge is 0.337 e. The van der Waals surface area contributed by atoms with Gasteiger partial charge in [0.1, 0.15) is 0 Å². The molecule has 4 fully saturated rings. The maximum Gasteiger partial charge on any atom is 0.337 e. The third kappa shape index (κ3) is 5.01. The summed E-state index contributed by atoms with van der Waals surface area (Å²) in [5, 5.41) is 0. The van der Waals surface area contributed by atoms with Gasteiger partial charge in [-0.25, -0.2) is 27.6 Å². The van der Waals surface area contributed by atoms with Gasteiger partial charge >= 0.3 is 17.9 Å². The van der Waals surface area contributed by atoms with E-state index in [0.717, 1.165) is 0 Å². The van der Waals surface area contributed by atoms with Gasteiger partial charge in [-0.05, 0) is 38.5 Å². The Morgan fingerprint density at radius 1 is 0.594 bits per heavy atom. The van der Waals surface area contributed by atoms with E-state index < -0.39 is 59.6 Å². The summed E-state index contributed by atoms with van der Waals surface area (Å²) in [4.78, 5) is 45.5. The molecule has 0 saturated heterocycles. The number of halogens is 3. The van der Waals surface area contributed by atoms with Crippen LogP contribution < -0.4 is 0 Å². The van der Waals surface area contributed by atoms with Crippen LogP contribution in [0.3, 0.4) is 0 Å². The number of esters is 3. The lowest BCUT2D eigenvalue weighted by Crippen LogP contribution is -2.65. The van der Waals surface area contributed by atoms with Crippen LogP contribution in [0.2, 0.25) is 0 Å². The molecule has 0 atom stereocenters. The van der Waals surface area contributed by atoms with Gasteiger partial charge in [0.05, 0.1) is 26.4 Å². The molecule has 0 aliphatic heterocycles. The van der Waals surface area contributed by atoms with E-state index in [1.165, 1.54) is 0 Å². The van der Waals surface area contributed by atoms with Crippen molar-refractivity contribution in [1.29, 1.82) is 0 Å². The minimum atomic E-state index is -1.28. The number of carbonyl (C=O) groups is 4. The number of hydrogen-bond acceptors (Lipinski definition) is 8. The quantitative estimate of drug-likeness (QED) is 0.245. The van der Waals surface area contributed by atoms with Crippen LogP contribution in [0.5, 0.6) is 0 Å². The van der Waals surface area contributed by atoms with Crippen molar-refractivity contribution >= 4 is 24.4 Å². The van der Waals surface area contributed by atoms with Crippen LogP contribution in [0.25, 0.3) is 0 Å². The molecule has 0 aromatic rings. The van der Waals surface area contributed by atoms with Crippen molar-refractivity contribution in [3.63, 3.8) is 0 Å². The first-order valence-electron chi connectivity index (χ1n) is 10.4.